The Morgan fingerprint density at radius 2 is 1.86 bits per heavy atom. The molecule has 3 N–H and O–H groups in total. The standard InChI is InChI=1S/C12H15FN6O.C6H4F2/c1-15-12(20)9-10(14)17-19-5-3-8(16-11(9)19)18-4-2-7(13)6-18;7-5-1-2-6(8)4-3-5/h3,5,7H,2,4,6H2,1H3,(H2,14,17)(H,15,20);1-4H. The Morgan fingerprint density at radius 3 is 2.39 bits per heavy atom. The van der Waals surface area contributed by atoms with Crippen LogP contribution in [0.15, 0.2) is 36.5 Å². The second-order valence-electron chi connectivity index (χ2n) is 6.16. The lowest BCUT2D eigenvalue weighted by Gasteiger charge is -2.16. The van der Waals surface area contributed by atoms with Crippen molar-refractivity contribution in [3.05, 3.63) is 53.7 Å². The Labute approximate surface area is 159 Å². The van der Waals surface area contributed by atoms with Gasteiger partial charge in [0, 0.05) is 19.8 Å². The molecule has 1 amide bonds. The predicted molar refractivity (Wildman–Crippen MR) is 98.9 cm³/mol. The SMILES string of the molecule is CNC(=O)c1c(N)nn2ccc(N3CCC(F)C3)nc12.Fc1ccc(F)cc1. The summed E-state index contributed by atoms with van der Waals surface area (Å²) in [7, 11) is 1.52. The highest BCUT2D eigenvalue weighted by Crippen LogP contribution is 2.23. The van der Waals surface area contributed by atoms with Gasteiger partial charge >= 0.3 is 0 Å². The normalized spacial score (nSPS) is 16.0. The summed E-state index contributed by atoms with van der Waals surface area (Å²) in [5.41, 5.74) is 6.37. The summed E-state index contributed by atoms with van der Waals surface area (Å²) < 4.78 is 38.6. The van der Waals surface area contributed by atoms with E-state index in [0.29, 0.717) is 31.0 Å². The van der Waals surface area contributed by atoms with E-state index in [2.05, 4.69) is 15.4 Å². The maximum atomic E-state index is 13.3. The predicted octanol–water partition coefficient (Wildman–Crippen LogP) is 2.18. The third-order valence-corrected chi connectivity index (χ3v) is 4.21. The van der Waals surface area contributed by atoms with Crippen molar-refractivity contribution in [2.75, 3.05) is 30.8 Å². The molecule has 1 aromatic carbocycles. The molecule has 1 aliphatic rings. The zero-order valence-electron chi connectivity index (χ0n) is 15.1. The van der Waals surface area contributed by atoms with Crippen molar-refractivity contribution in [2.24, 2.45) is 0 Å². The third kappa shape index (κ3) is 4.16. The lowest BCUT2D eigenvalue weighted by molar-refractivity contribution is 0.0965. The van der Waals surface area contributed by atoms with Gasteiger partial charge in [-0.05, 0) is 36.8 Å². The fourth-order valence-electron chi connectivity index (χ4n) is 2.81. The number of nitrogens with two attached hydrogens (primary N) is 1. The van der Waals surface area contributed by atoms with Gasteiger partial charge < -0.3 is 16.0 Å². The van der Waals surface area contributed by atoms with Crippen LogP contribution < -0.4 is 16.0 Å². The monoisotopic (exact) mass is 392 g/mol. The zero-order chi connectivity index (χ0) is 20.3. The molecule has 1 atom stereocenters. The summed E-state index contributed by atoms with van der Waals surface area (Å²) in [6.45, 7) is 0.936. The van der Waals surface area contributed by atoms with Crippen molar-refractivity contribution in [1.29, 1.82) is 0 Å². The van der Waals surface area contributed by atoms with Gasteiger partial charge in [0.05, 0.1) is 6.54 Å². The molecule has 0 bridgehead atoms. The molecular formula is C18H19F3N6O. The molecule has 1 saturated heterocycles. The minimum Gasteiger partial charge on any atom is -0.381 e. The first-order valence-electron chi connectivity index (χ1n) is 8.56. The molecule has 7 nitrogen and oxygen atoms in total. The number of nitrogen functional groups attached to an aromatic ring is 1. The van der Waals surface area contributed by atoms with Crippen LogP contribution in [-0.4, -0.2) is 46.8 Å². The van der Waals surface area contributed by atoms with Crippen molar-refractivity contribution in [3.8, 4) is 0 Å². The van der Waals surface area contributed by atoms with Crippen LogP contribution in [0.5, 0.6) is 0 Å². The van der Waals surface area contributed by atoms with Crippen molar-refractivity contribution >= 4 is 23.2 Å². The van der Waals surface area contributed by atoms with E-state index >= 15 is 0 Å². The molecule has 28 heavy (non-hydrogen) atoms. The molecule has 0 radical (unpaired) electrons. The first-order valence-corrected chi connectivity index (χ1v) is 8.56. The van der Waals surface area contributed by atoms with Crippen molar-refractivity contribution in [1.82, 2.24) is 19.9 Å². The van der Waals surface area contributed by atoms with Crippen LogP contribution in [-0.2, 0) is 0 Å². The summed E-state index contributed by atoms with van der Waals surface area (Å²) in [4.78, 5) is 18.1. The second kappa shape index (κ2) is 8.15. The number of aromatic nitrogens is 3. The number of nitrogens with zero attached hydrogens (tertiary/aromatic N) is 4. The number of hydrogen-bond donors (Lipinski definition) is 2. The van der Waals surface area contributed by atoms with Gasteiger partial charge in [-0.15, -0.1) is 5.10 Å². The maximum absolute atomic E-state index is 13.3. The highest BCUT2D eigenvalue weighted by molar-refractivity contribution is 6.04. The van der Waals surface area contributed by atoms with Gasteiger partial charge in [-0.1, -0.05) is 0 Å². The van der Waals surface area contributed by atoms with E-state index in [9.17, 15) is 18.0 Å². The van der Waals surface area contributed by atoms with Gasteiger partial charge in [-0.25, -0.2) is 22.7 Å². The van der Waals surface area contributed by atoms with Gasteiger partial charge in [-0.2, -0.15) is 0 Å². The van der Waals surface area contributed by atoms with Crippen LogP contribution >= 0.6 is 0 Å². The second-order valence-corrected chi connectivity index (χ2v) is 6.16. The molecule has 3 heterocycles. The first-order chi connectivity index (χ1) is 13.4. The molecule has 0 saturated carbocycles. The zero-order valence-corrected chi connectivity index (χ0v) is 15.1. The molecule has 0 aliphatic carbocycles. The van der Waals surface area contributed by atoms with Gasteiger partial charge in [0.1, 0.15) is 29.2 Å². The van der Waals surface area contributed by atoms with Crippen molar-refractivity contribution < 1.29 is 18.0 Å². The quantitative estimate of drug-likeness (QED) is 0.698. The molecule has 1 unspecified atom stereocenters. The molecule has 4 rings (SSSR count). The Balaban J connectivity index is 0.000000236. The minimum absolute atomic E-state index is 0.124. The molecule has 1 aliphatic heterocycles. The van der Waals surface area contributed by atoms with Crippen LogP contribution in [0.3, 0.4) is 0 Å². The van der Waals surface area contributed by atoms with Crippen LogP contribution in [0.25, 0.3) is 5.65 Å². The number of benzene rings is 1. The molecule has 0 spiro atoms. The summed E-state index contributed by atoms with van der Waals surface area (Å²) in [5.74, 6) is -0.411. The van der Waals surface area contributed by atoms with E-state index in [1.807, 2.05) is 4.90 Å². The number of alkyl halides is 1. The Bertz CT molecular complexity index is 954. The molecule has 10 heteroatoms. The van der Waals surface area contributed by atoms with Crippen LogP contribution in [0.2, 0.25) is 0 Å². The number of amides is 1. The third-order valence-electron chi connectivity index (χ3n) is 4.21. The van der Waals surface area contributed by atoms with Crippen molar-refractivity contribution in [2.45, 2.75) is 12.6 Å². The highest BCUT2D eigenvalue weighted by atomic mass is 19.1. The summed E-state index contributed by atoms with van der Waals surface area (Å²) in [5, 5.41) is 6.55. The van der Waals surface area contributed by atoms with Gasteiger partial charge in [-0.3, -0.25) is 4.79 Å². The highest BCUT2D eigenvalue weighted by Gasteiger charge is 2.24. The number of fused-ring (bicyclic) bond motifs is 1. The van der Waals surface area contributed by atoms with E-state index in [-0.39, 0.29) is 17.3 Å². The fraction of sp³-hybridized carbons (Fsp3) is 0.278. The summed E-state index contributed by atoms with van der Waals surface area (Å²) in [6, 6.07) is 6.06. The first kappa shape index (κ1) is 19.5. The van der Waals surface area contributed by atoms with Crippen LogP contribution in [0, 0.1) is 11.6 Å². The average Bonchev–Trinajstić information content (AvgIpc) is 3.26. The Morgan fingerprint density at radius 1 is 1.21 bits per heavy atom. The molecule has 1 fully saturated rings. The molecule has 3 aromatic rings. The smallest absolute Gasteiger partial charge is 0.258 e. The lowest BCUT2D eigenvalue weighted by atomic mass is 10.3. The van der Waals surface area contributed by atoms with Crippen LogP contribution in [0.4, 0.5) is 24.8 Å². The minimum atomic E-state index is -0.832. The number of anilines is 2. The fourth-order valence-corrected chi connectivity index (χ4v) is 2.81. The van der Waals surface area contributed by atoms with Crippen LogP contribution in [0.1, 0.15) is 16.8 Å². The Kier molecular flexibility index (Phi) is 5.67. The molecule has 148 valence electrons. The largest absolute Gasteiger partial charge is 0.381 e. The van der Waals surface area contributed by atoms with Gasteiger partial charge in [0.25, 0.3) is 5.91 Å². The Hall–Kier alpha value is -3.30. The van der Waals surface area contributed by atoms with E-state index in [1.54, 1.807) is 12.3 Å². The van der Waals surface area contributed by atoms with Gasteiger partial charge in [0.2, 0.25) is 0 Å². The number of hydrogen-bond acceptors (Lipinski definition) is 5. The van der Waals surface area contributed by atoms with E-state index < -0.39 is 17.8 Å². The molecule has 2 aromatic heterocycles. The van der Waals surface area contributed by atoms with E-state index in [4.69, 9.17) is 5.73 Å². The van der Waals surface area contributed by atoms with E-state index in [0.717, 1.165) is 24.3 Å². The topological polar surface area (TPSA) is 88.5 Å². The number of halogens is 3. The van der Waals surface area contributed by atoms with E-state index in [1.165, 1.54) is 11.6 Å². The van der Waals surface area contributed by atoms with Crippen molar-refractivity contribution in [3.63, 3.8) is 0 Å². The summed E-state index contributed by atoms with van der Waals surface area (Å²) >= 11 is 0. The average molecular weight is 392 g/mol. The summed E-state index contributed by atoms with van der Waals surface area (Å²) in [6.07, 6.45) is 1.34. The number of nitrogens with one attached hydrogen (secondary N) is 1. The number of carbonyl (C=O) groups is 1. The maximum Gasteiger partial charge on any atom is 0.258 e. The molecular weight excluding hydrogens is 373 g/mol. The number of rotatable bonds is 2. The lowest BCUT2D eigenvalue weighted by Crippen LogP contribution is -2.22. The number of carbonyl (C=O) groups excluding carboxylic acids is 1. The van der Waals surface area contributed by atoms with Gasteiger partial charge in [0.15, 0.2) is 11.5 Å².